The first kappa shape index (κ1) is 13.0. The number of hydrogen-bond acceptors (Lipinski definition) is 3. The molecule has 0 fully saturated rings. The van der Waals surface area contributed by atoms with E-state index < -0.39 is 0 Å². The van der Waals surface area contributed by atoms with Crippen molar-refractivity contribution < 1.29 is 13.9 Å². The number of benzene rings is 2. The number of furan rings is 1. The Bertz CT molecular complexity index is 850. The van der Waals surface area contributed by atoms with Gasteiger partial charge in [-0.15, -0.1) is 0 Å². The van der Waals surface area contributed by atoms with E-state index in [1.54, 1.807) is 6.26 Å². The van der Waals surface area contributed by atoms with Crippen LogP contribution in [0.15, 0.2) is 53.1 Å². The maximum absolute atomic E-state index is 11.4. The Labute approximate surface area is 127 Å². The average Bonchev–Trinajstić information content (AvgIpc) is 3.00. The number of fused-ring (bicyclic) bond motifs is 2. The third kappa shape index (κ3) is 2.44. The molecular formula is C18H15NO3. The lowest BCUT2D eigenvalue weighted by Crippen LogP contribution is -2.25. The molecule has 0 aliphatic carbocycles. The van der Waals surface area contributed by atoms with Crippen molar-refractivity contribution in [3.8, 4) is 5.75 Å². The maximum Gasteiger partial charge on any atom is 0.262 e. The molecule has 4 heteroatoms. The zero-order valence-electron chi connectivity index (χ0n) is 12.0. The fourth-order valence-corrected chi connectivity index (χ4v) is 2.75. The van der Waals surface area contributed by atoms with Crippen LogP contribution in [0, 0.1) is 0 Å². The third-order valence-electron chi connectivity index (χ3n) is 3.90. The molecule has 0 bridgehead atoms. The minimum Gasteiger partial charge on any atom is -0.482 e. The van der Waals surface area contributed by atoms with Crippen molar-refractivity contribution >= 4 is 22.6 Å². The molecule has 2 aromatic carbocycles. The quantitative estimate of drug-likeness (QED) is 0.803. The first-order valence-electron chi connectivity index (χ1n) is 7.30. The van der Waals surface area contributed by atoms with Crippen LogP contribution < -0.4 is 10.1 Å². The minimum atomic E-state index is -0.102. The molecule has 4 nitrogen and oxygen atoms in total. The van der Waals surface area contributed by atoms with Gasteiger partial charge in [0, 0.05) is 5.39 Å². The molecule has 1 aliphatic heterocycles. The van der Waals surface area contributed by atoms with Crippen LogP contribution in [0.2, 0.25) is 0 Å². The number of carbonyl (C=O) groups is 1. The van der Waals surface area contributed by atoms with E-state index in [9.17, 15) is 4.79 Å². The number of rotatable bonds is 3. The van der Waals surface area contributed by atoms with Crippen LogP contribution in [0.4, 0.5) is 5.69 Å². The van der Waals surface area contributed by atoms with E-state index >= 15 is 0 Å². The van der Waals surface area contributed by atoms with Crippen molar-refractivity contribution in [1.29, 1.82) is 0 Å². The smallest absolute Gasteiger partial charge is 0.262 e. The molecule has 0 radical (unpaired) electrons. The van der Waals surface area contributed by atoms with Crippen LogP contribution in [0.1, 0.15) is 11.1 Å². The first-order valence-corrected chi connectivity index (χ1v) is 7.30. The Hall–Kier alpha value is -2.75. The standard InChI is InChI=1S/C18H15NO3/c20-18-11-22-17-6-4-13(10-15(17)19-18)2-1-12-3-5-16-14(9-12)7-8-21-16/h3-10H,1-2,11H2,(H,19,20). The molecule has 110 valence electrons. The van der Waals surface area contributed by atoms with Crippen molar-refractivity contribution in [3.63, 3.8) is 0 Å². The number of amides is 1. The van der Waals surface area contributed by atoms with Gasteiger partial charge in [-0.05, 0) is 54.3 Å². The molecule has 1 aliphatic rings. The molecule has 4 rings (SSSR count). The van der Waals surface area contributed by atoms with Crippen molar-refractivity contribution in [1.82, 2.24) is 0 Å². The Morgan fingerprint density at radius 2 is 1.82 bits per heavy atom. The normalized spacial score (nSPS) is 13.5. The average molecular weight is 293 g/mol. The summed E-state index contributed by atoms with van der Waals surface area (Å²) < 4.78 is 10.7. The fraction of sp³-hybridized carbons (Fsp3) is 0.167. The number of anilines is 1. The first-order chi connectivity index (χ1) is 10.8. The highest BCUT2D eigenvalue weighted by molar-refractivity contribution is 5.95. The predicted octanol–water partition coefficient (Wildman–Crippen LogP) is 3.55. The second-order valence-corrected chi connectivity index (χ2v) is 5.46. The van der Waals surface area contributed by atoms with E-state index in [0.717, 1.165) is 35.2 Å². The van der Waals surface area contributed by atoms with Gasteiger partial charge < -0.3 is 14.5 Å². The van der Waals surface area contributed by atoms with Crippen molar-refractivity contribution in [2.24, 2.45) is 0 Å². The zero-order chi connectivity index (χ0) is 14.9. The van der Waals surface area contributed by atoms with Gasteiger partial charge >= 0.3 is 0 Å². The summed E-state index contributed by atoms with van der Waals surface area (Å²) in [5.41, 5.74) is 4.13. The highest BCUT2D eigenvalue weighted by atomic mass is 16.5. The SMILES string of the molecule is O=C1COc2ccc(CCc3ccc4occc4c3)cc2N1. The van der Waals surface area contributed by atoms with E-state index in [0.29, 0.717) is 0 Å². The predicted molar refractivity (Wildman–Crippen MR) is 84.2 cm³/mol. The Balaban J connectivity index is 1.51. The third-order valence-corrected chi connectivity index (χ3v) is 3.90. The Morgan fingerprint density at radius 3 is 2.73 bits per heavy atom. The van der Waals surface area contributed by atoms with E-state index in [1.165, 1.54) is 11.1 Å². The summed E-state index contributed by atoms with van der Waals surface area (Å²) in [5.74, 6) is 0.637. The van der Waals surface area contributed by atoms with E-state index in [-0.39, 0.29) is 12.5 Å². The fourth-order valence-electron chi connectivity index (χ4n) is 2.75. The molecule has 3 aromatic rings. The van der Waals surface area contributed by atoms with Crippen molar-refractivity contribution in [3.05, 3.63) is 59.9 Å². The Kier molecular flexibility index (Phi) is 3.07. The summed E-state index contributed by atoms with van der Waals surface area (Å²) in [5, 5.41) is 3.97. The van der Waals surface area contributed by atoms with Gasteiger partial charge in [0.15, 0.2) is 6.61 Å². The molecule has 1 amide bonds. The molecule has 0 atom stereocenters. The van der Waals surface area contributed by atoms with E-state index in [2.05, 4.69) is 17.4 Å². The summed E-state index contributed by atoms with van der Waals surface area (Å²) >= 11 is 0. The number of nitrogens with one attached hydrogen (secondary N) is 1. The van der Waals surface area contributed by atoms with Crippen molar-refractivity contribution in [2.75, 3.05) is 11.9 Å². The molecule has 22 heavy (non-hydrogen) atoms. The van der Waals surface area contributed by atoms with E-state index in [4.69, 9.17) is 9.15 Å². The minimum absolute atomic E-state index is 0.0943. The van der Waals surface area contributed by atoms with Gasteiger partial charge in [0.2, 0.25) is 0 Å². The molecular weight excluding hydrogens is 278 g/mol. The lowest BCUT2D eigenvalue weighted by Gasteiger charge is -2.18. The molecule has 0 unspecified atom stereocenters. The van der Waals surface area contributed by atoms with Gasteiger partial charge in [-0.25, -0.2) is 0 Å². The molecule has 1 aromatic heterocycles. The van der Waals surface area contributed by atoms with Crippen LogP contribution in [0.5, 0.6) is 5.75 Å². The summed E-state index contributed by atoms with van der Waals surface area (Å²) in [6, 6.07) is 14.2. The highest BCUT2D eigenvalue weighted by Crippen LogP contribution is 2.29. The van der Waals surface area contributed by atoms with Gasteiger partial charge in [0.05, 0.1) is 12.0 Å². The number of ether oxygens (including phenoxy) is 1. The largest absolute Gasteiger partial charge is 0.482 e. The molecule has 0 spiro atoms. The van der Waals surface area contributed by atoms with Crippen LogP contribution in [-0.4, -0.2) is 12.5 Å². The number of aryl methyl sites for hydroxylation is 2. The molecule has 0 saturated heterocycles. The lowest BCUT2D eigenvalue weighted by atomic mass is 10.0. The van der Waals surface area contributed by atoms with Gasteiger partial charge in [0.25, 0.3) is 5.91 Å². The van der Waals surface area contributed by atoms with Crippen molar-refractivity contribution in [2.45, 2.75) is 12.8 Å². The molecule has 2 heterocycles. The maximum atomic E-state index is 11.4. The van der Waals surface area contributed by atoms with Gasteiger partial charge in [-0.2, -0.15) is 0 Å². The van der Waals surface area contributed by atoms with Gasteiger partial charge in [-0.3, -0.25) is 4.79 Å². The summed E-state index contributed by atoms with van der Waals surface area (Å²) in [6.07, 6.45) is 3.56. The lowest BCUT2D eigenvalue weighted by molar-refractivity contribution is -0.118. The van der Waals surface area contributed by atoms with Crippen LogP contribution in [-0.2, 0) is 17.6 Å². The Morgan fingerprint density at radius 1 is 1.00 bits per heavy atom. The molecule has 0 saturated carbocycles. The van der Waals surface area contributed by atoms with Crippen LogP contribution >= 0.6 is 0 Å². The topological polar surface area (TPSA) is 51.5 Å². The number of carbonyl (C=O) groups excluding carboxylic acids is 1. The van der Waals surface area contributed by atoms with E-state index in [1.807, 2.05) is 30.3 Å². The number of hydrogen-bond donors (Lipinski definition) is 1. The second-order valence-electron chi connectivity index (χ2n) is 5.46. The van der Waals surface area contributed by atoms with Crippen LogP contribution in [0.3, 0.4) is 0 Å². The highest BCUT2D eigenvalue weighted by Gasteiger charge is 2.15. The summed E-state index contributed by atoms with van der Waals surface area (Å²) in [7, 11) is 0. The van der Waals surface area contributed by atoms with Gasteiger partial charge in [-0.1, -0.05) is 12.1 Å². The van der Waals surface area contributed by atoms with Crippen LogP contribution in [0.25, 0.3) is 11.0 Å². The molecule has 1 N–H and O–H groups in total. The summed E-state index contributed by atoms with van der Waals surface area (Å²) in [4.78, 5) is 11.4. The second kappa shape index (κ2) is 5.22. The van der Waals surface area contributed by atoms with Gasteiger partial charge in [0.1, 0.15) is 11.3 Å². The monoisotopic (exact) mass is 293 g/mol. The summed E-state index contributed by atoms with van der Waals surface area (Å²) in [6.45, 7) is 0.0943. The zero-order valence-corrected chi connectivity index (χ0v) is 12.0.